The van der Waals surface area contributed by atoms with Crippen LogP contribution in [0.2, 0.25) is 0 Å². The summed E-state index contributed by atoms with van der Waals surface area (Å²) in [6.45, 7) is 20.9. The van der Waals surface area contributed by atoms with E-state index in [1.807, 2.05) is 0 Å². The highest BCUT2D eigenvalue weighted by atomic mass is 16.7. The fraction of sp³-hybridized carbons (Fsp3) is 0.811. The van der Waals surface area contributed by atoms with Gasteiger partial charge in [0.2, 0.25) is 5.91 Å². The van der Waals surface area contributed by atoms with Gasteiger partial charge in [0.1, 0.15) is 25.0 Å². The molecule has 0 spiro atoms. The number of nitrogens with one attached hydrogen (secondary N) is 1. The van der Waals surface area contributed by atoms with Crippen molar-refractivity contribution in [2.75, 3.05) is 6.61 Å². The van der Waals surface area contributed by atoms with Crippen LogP contribution in [-0.4, -0.2) is 110 Å². The van der Waals surface area contributed by atoms with E-state index in [0.29, 0.717) is 49.8 Å². The molecule has 2 heterocycles. The van der Waals surface area contributed by atoms with E-state index in [9.17, 15) is 39.0 Å². The lowest BCUT2D eigenvalue weighted by atomic mass is 9.33. The molecule has 18 heteroatoms. The van der Waals surface area contributed by atoms with E-state index in [1.165, 1.54) is 12.5 Å². The van der Waals surface area contributed by atoms with Crippen LogP contribution in [0.1, 0.15) is 165 Å². The lowest BCUT2D eigenvalue weighted by molar-refractivity contribution is -0.257. The number of fused-ring (bicyclic) bond motifs is 7. The zero-order valence-electron chi connectivity index (χ0n) is 43.9. The van der Waals surface area contributed by atoms with Gasteiger partial charge in [0, 0.05) is 40.7 Å². The van der Waals surface area contributed by atoms with Crippen molar-refractivity contribution in [1.82, 2.24) is 20.3 Å². The minimum absolute atomic E-state index is 0.00985. The van der Waals surface area contributed by atoms with E-state index in [1.54, 1.807) is 10.9 Å². The Bertz CT molecular complexity index is 2230. The van der Waals surface area contributed by atoms with E-state index >= 15 is 0 Å². The number of ether oxygens (including phenoxy) is 6. The molecular formula is C53H80N4O14. The Kier molecular flexibility index (Phi) is 15.7. The number of carbonyl (C=O) groups is 6. The molecule has 5 aliphatic carbocycles. The van der Waals surface area contributed by atoms with Crippen LogP contribution in [-0.2, 0) is 70.3 Å². The van der Waals surface area contributed by atoms with E-state index < -0.39 is 84.7 Å². The number of hydrogen-bond donors (Lipinski definition) is 3. The van der Waals surface area contributed by atoms with Crippen molar-refractivity contribution >= 4 is 35.8 Å². The zero-order valence-corrected chi connectivity index (χ0v) is 43.9. The van der Waals surface area contributed by atoms with Crippen LogP contribution >= 0.6 is 0 Å². The van der Waals surface area contributed by atoms with Gasteiger partial charge in [0.15, 0.2) is 24.5 Å². The van der Waals surface area contributed by atoms with Crippen LogP contribution in [0.5, 0.6) is 0 Å². The summed E-state index contributed by atoms with van der Waals surface area (Å²) in [5.41, 5.74) is 0.744. The second-order valence-electron chi connectivity index (χ2n) is 24.0. The number of aromatic nitrogens is 3. The highest BCUT2D eigenvalue weighted by molar-refractivity contribution is 5.79. The Balaban J connectivity index is 0.945. The van der Waals surface area contributed by atoms with E-state index in [-0.39, 0.29) is 52.0 Å². The molecule has 7 rings (SSSR count). The Hall–Kier alpha value is -4.42. The Morgan fingerprint density at radius 2 is 1.44 bits per heavy atom. The number of allylic oxidation sites excluding steroid dienone is 2. The predicted molar refractivity (Wildman–Crippen MR) is 255 cm³/mol. The van der Waals surface area contributed by atoms with Crippen molar-refractivity contribution < 1.29 is 67.4 Å². The first kappa shape index (κ1) is 54.4. The summed E-state index contributed by atoms with van der Waals surface area (Å²) in [6, 6.07) is 0. The Morgan fingerprint density at radius 3 is 2.11 bits per heavy atom. The maximum absolute atomic E-state index is 14.7. The molecule has 396 valence electrons. The molecular weight excluding hydrogens is 917 g/mol. The van der Waals surface area contributed by atoms with Gasteiger partial charge < -0.3 is 44.0 Å². The van der Waals surface area contributed by atoms with Crippen LogP contribution < -0.4 is 5.32 Å². The molecule has 0 unspecified atom stereocenters. The van der Waals surface area contributed by atoms with Gasteiger partial charge in [-0.15, -0.1) is 5.10 Å². The Morgan fingerprint density at radius 1 is 0.775 bits per heavy atom. The van der Waals surface area contributed by atoms with Crippen LogP contribution in [0.3, 0.4) is 0 Å². The highest BCUT2D eigenvalue weighted by Gasteiger charge is 2.70. The van der Waals surface area contributed by atoms with Crippen molar-refractivity contribution in [3.63, 3.8) is 0 Å². The average Bonchev–Trinajstić information content (AvgIpc) is 3.73. The molecule has 0 radical (unpaired) electrons. The van der Waals surface area contributed by atoms with Crippen molar-refractivity contribution in [3.8, 4) is 0 Å². The molecule has 5 fully saturated rings. The third kappa shape index (κ3) is 10.5. The van der Waals surface area contributed by atoms with Crippen LogP contribution in [0.15, 0.2) is 17.8 Å². The third-order valence-corrected chi connectivity index (χ3v) is 18.5. The molecule has 71 heavy (non-hydrogen) atoms. The number of aliphatic hydroxyl groups excluding tert-OH is 2. The molecule has 3 N–H and O–H groups in total. The summed E-state index contributed by atoms with van der Waals surface area (Å²) < 4.78 is 35.3. The SMILES string of the molecule is CC(=O)OC[C@H]1O[C@@H](NC(=O)CCCCCn2cc(COC(=O)[C@]34CCC(C)(C)C[C@H]3C3=CC[C@@H]5[C@@]6(C)C[C@@H](O)[C@H](O)C(C)(C)[C@@H]6CC[C@@]5(C)[C@]3(C)CC4)nn2)[C@H](OC(C)=O)[C@@H](OC(C)=O)[C@@H]1OC(C)=O. The number of carbonyl (C=O) groups excluding carboxylic acids is 6. The van der Waals surface area contributed by atoms with Crippen molar-refractivity contribution in [3.05, 3.63) is 23.5 Å². The summed E-state index contributed by atoms with van der Waals surface area (Å²) in [4.78, 5) is 76.0. The number of amides is 1. The third-order valence-electron chi connectivity index (χ3n) is 18.5. The zero-order chi connectivity index (χ0) is 52.1. The lowest BCUT2D eigenvalue weighted by Gasteiger charge is -2.71. The van der Waals surface area contributed by atoms with Gasteiger partial charge in [-0.3, -0.25) is 33.4 Å². The van der Waals surface area contributed by atoms with Crippen LogP contribution in [0.25, 0.3) is 0 Å². The molecule has 6 aliphatic rings. The topological polar surface area (TPSA) is 241 Å². The molecule has 14 atom stereocenters. The summed E-state index contributed by atoms with van der Waals surface area (Å²) in [5, 5.41) is 33.7. The number of rotatable bonds is 15. The smallest absolute Gasteiger partial charge is 0.313 e. The number of hydrogen-bond acceptors (Lipinski definition) is 16. The van der Waals surface area contributed by atoms with Gasteiger partial charge in [0.05, 0.1) is 23.8 Å². The maximum Gasteiger partial charge on any atom is 0.313 e. The Labute approximate surface area is 418 Å². The summed E-state index contributed by atoms with van der Waals surface area (Å²) in [7, 11) is 0. The minimum Gasteiger partial charge on any atom is -0.463 e. The molecule has 1 aromatic rings. The first-order chi connectivity index (χ1) is 33.2. The van der Waals surface area contributed by atoms with Gasteiger partial charge in [-0.05, 0) is 115 Å². The summed E-state index contributed by atoms with van der Waals surface area (Å²) in [6.07, 6.45) is 5.80. The van der Waals surface area contributed by atoms with Crippen molar-refractivity contribution in [1.29, 1.82) is 0 Å². The summed E-state index contributed by atoms with van der Waals surface area (Å²) >= 11 is 0. The van der Waals surface area contributed by atoms with Crippen LogP contribution in [0, 0.1) is 50.2 Å². The maximum atomic E-state index is 14.7. The van der Waals surface area contributed by atoms with Gasteiger partial charge in [-0.2, -0.15) is 0 Å². The molecule has 1 aliphatic heterocycles. The molecule has 1 saturated heterocycles. The second-order valence-corrected chi connectivity index (χ2v) is 24.0. The first-order valence-corrected chi connectivity index (χ1v) is 25.9. The largest absolute Gasteiger partial charge is 0.463 e. The lowest BCUT2D eigenvalue weighted by Crippen LogP contribution is -2.67. The van der Waals surface area contributed by atoms with Crippen LogP contribution in [0.4, 0.5) is 0 Å². The highest BCUT2D eigenvalue weighted by Crippen LogP contribution is 2.76. The van der Waals surface area contributed by atoms with Crippen molar-refractivity contribution in [2.24, 2.45) is 50.2 Å². The monoisotopic (exact) mass is 997 g/mol. The quantitative estimate of drug-likeness (QED) is 0.0765. The standard InChI is InChI=1S/C53H80N4O14/c1-30(58)66-29-38-42(68-31(2)59)43(69-32(3)60)44(70-33(4)61)46(71-38)54-41(63)15-13-12-14-24-57-27-34(55-56-57)28-67-47(65)53-22-20-48(5,6)25-36(53)35-16-17-40-50(9)26-37(62)45(64)49(7,8)39(50)18-19-52(40,11)51(35,10)21-23-53/h16,27,36-40,42-46,62,64H,12-15,17-26,28-29H2,1-11H3,(H,54,63)/t36-,37+,38+,39-,40+,42+,43-,44+,45-,46+,50-,51+,52+,53-/m0/s1. The van der Waals surface area contributed by atoms with Gasteiger partial charge in [0.25, 0.3) is 0 Å². The second kappa shape index (κ2) is 20.5. The summed E-state index contributed by atoms with van der Waals surface area (Å²) in [5.74, 6) is -2.85. The normalized spacial score (nSPS) is 37.8. The van der Waals surface area contributed by atoms with E-state index in [2.05, 4.69) is 70.2 Å². The first-order valence-electron chi connectivity index (χ1n) is 25.9. The van der Waals surface area contributed by atoms with Gasteiger partial charge in [-0.1, -0.05) is 71.7 Å². The number of aliphatic hydroxyl groups is 2. The fourth-order valence-corrected chi connectivity index (χ4v) is 14.9. The molecule has 4 saturated carbocycles. The molecule has 0 bridgehead atoms. The average molecular weight is 997 g/mol. The molecule has 1 amide bonds. The van der Waals surface area contributed by atoms with E-state index in [0.717, 1.165) is 72.1 Å². The van der Waals surface area contributed by atoms with E-state index in [4.69, 9.17) is 28.4 Å². The molecule has 1 aromatic heterocycles. The molecule has 18 nitrogen and oxygen atoms in total. The van der Waals surface area contributed by atoms with Gasteiger partial charge >= 0.3 is 29.8 Å². The molecule has 0 aromatic carbocycles. The van der Waals surface area contributed by atoms with Gasteiger partial charge in [-0.25, -0.2) is 0 Å². The number of unbranched alkanes of at least 4 members (excludes halogenated alkanes) is 2. The fourth-order valence-electron chi connectivity index (χ4n) is 14.9. The number of esters is 5. The number of nitrogens with zero attached hydrogens (tertiary/aromatic N) is 3. The predicted octanol–water partition coefficient (Wildman–Crippen LogP) is 6.21. The van der Waals surface area contributed by atoms with Crippen molar-refractivity contribution in [2.45, 2.75) is 216 Å². The minimum atomic E-state index is -1.40. The number of aryl methyl sites for hydroxylation is 1.